The Morgan fingerprint density at radius 2 is 2.08 bits per heavy atom. The summed E-state index contributed by atoms with van der Waals surface area (Å²) in [4.78, 5) is 0. The molecule has 1 aromatic heterocycles. The number of hydrogen-bond acceptors (Lipinski definition) is 2. The molecule has 0 fully saturated rings. The Kier molecular flexibility index (Phi) is 2.15. The lowest BCUT2D eigenvalue weighted by Gasteiger charge is -1.95. The van der Waals surface area contributed by atoms with Crippen molar-refractivity contribution in [3.05, 3.63) is 19.4 Å². The minimum atomic E-state index is 0.287. The molecule has 0 unspecified atom stereocenters. The Labute approximate surface area is 95.8 Å². The van der Waals surface area contributed by atoms with Crippen molar-refractivity contribution >= 4 is 56.1 Å². The summed E-state index contributed by atoms with van der Waals surface area (Å²) >= 11 is 4.26. The Morgan fingerprint density at radius 3 is 2.83 bits per heavy atom. The molecule has 1 aromatic carbocycles. The molecule has 5 heteroatoms. The van der Waals surface area contributed by atoms with Crippen molar-refractivity contribution in [3.63, 3.8) is 0 Å². The summed E-state index contributed by atoms with van der Waals surface area (Å²) in [5.41, 5.74) is 0.809. The predicted octanol–water partition coefficient (Wildman–Crippen LogP) is 2.48. The SMILES string of the molecule is Oc1cc(I)cc2n[nH]c(I)c12. The first-order chi connectivity index (χ1) is 5.68. The molecule has 12 heavy (non-hydrogen) atoms. The average molecular weight is 386 g/mol. The average Bonchev–Trinajstić information content (AvgIpc) is 2.31. The Balaban J connectivity index is 2.93. The van der Waals surface area contributed by atoms with E-state index in [1.54, 1.807) is 6.07 Å². The van der Waals surface area contributed by atoms with Gasteiger partial charge in [-0.3, -0.25) is 5.10 Å². The van der Waals surface area contributed by atoms with Crippen LogP contribution in [0.1, 0.15) is 0 Å². The lowest BCUT2D eigenvalue weighted by molar-refractivity contribution is 0.481. The lowest BCUT2D eigenvalue weighted by Crippen LogP contribution is -1.74. The highest BCUT2D eigenvalue weighted by atomic mass is 127. The zero-order valence-corrected chi connectivity index (χ0v) is 10.1. The summed E-state index contributed by atoms with van der Waals surface area (Å²) in [7, 11) is 0. The van der Waals surface area contributed by atoms with Gasteiger partial charge in [0.05, 0.1) is 10.9 Å². The van der Waals surface area contributed by atoms with E-state index in [1.165, 1.54) is 0 Å². The van der Waals surface area contributed by atoms with E-state index in [0.717, 1.165) is 18.2 Å². The third-order valence-corrected chi connectivity index (χ3v) is 2.96. The third-order valence-electron chi connectivity index (χ3n) is 1.56. The van der Waals surface area contributed by atoms with Gasteiger partial charge in [0, 0.05) is 3.57 Å². The van der Waals surface area contributed by atoms with Crippen molar-refractivity contribution in [2.45, 2.75) is 0 Å². The molecular formula is C7H4I2N2O. The van der Waals surface area contributed by atoms with E-state index in [-0.39, 0.29) is 5.75 Å². The summed E-state index contributed by atoms with van der Waals surface area (Å²) in [6.07, 6.45) is 0. The third kappa shape index (κ3) is 1.28. The fraction of sp³-hybridized carbons (Fsp3) is 0. The van der Waals surface area contributed by atoms with Crippen LogP contribution in [0.15, 0.2) is 12.1 Å². The van der Waals surface area contributed by atoms with Gasteiger partial charge in [0.2, 0.25) is 0 Å². The second kappa shape index (κ2) is 3.02. The van der Waals surface area contributed by atoms with Crippen molar-refractivity contribution in [2.24, 2.45) is 0 Å². The topological polar surface area (TPSA) is 48.9 Å². The summed E-state index contributed by atoms with van der Waals surface area (Å²) in [5, 5.41) is 17.2. The van der Waals surface area contributed by atoms with E-state index in [0.29, 0.717) is 0 Å². The van der Waals surface area contributed by atoms with Crippen molar-refractivity contribution in [2.75, 3.05) is 0 Å². The Morgan fingerprint density at radius 1 is 1.33 bits per heavy atom. The van der Waals surface area contributed by atoms with Crippen molar-refractivity contribution in [1.29, 1.82) is 0 Å². The van der Waals surface area contributed by atoms with Gasteiger partial charge in [-0.15, -0.1) is 0 Å². The summed E-state index contributed by atoms with van der Waals surface area (Å²) in [6, 6.07) is 3.65. The molecule has 0 radical (unpaired) electrons. The number of H-pyrrole nitrogens is 1. The summed E-state index contributed by atoms with van der Waals surface area (Å²) < 4.78 is 1.86. The van der Waals surface area contributed by atoms with Gasteiger partial charge < -0.3 is 5.11 Å². The van der Waals surface area contributed by atoms with Gasteiger partial charge in [-0.2, -0.15) is 5.10 Å². The maximum atomic E-state index is 9.55. The van der Waals surface area contributed by atoms with Crippen LogP contribution < -0.4 is 0 Å². The molecule has 62 valence electrons. The van der Waals surface area contributed by atoms with Gasteiger partial charge in [0.25, 0.3) is 0 Å². The van der Waals surface area contributed by atoms with Crippen LogP contribution in [-0.2, 0) is 0 Å². The molecule has 0 saturated carbocycles. The number of phenols is 1. The Bertz CT molecular complexity index is 438. The lowest BCUT2D eigenvalue weighted by atomic mass is 10.2. The number of fused-ring (bicyclic) bond motifs is 1. The van der Waals surface area contributed by atoms with Gasteiger partial charge in [0.1, 0.15) is 9.45 Å². The molecule has 3 nitrogen and oxygen atoms in total. The van der Waals surface area contributed by atoms with Crippen molar-refractivity contribution in [1.82, 2.24) is 10.2 Å². The maximum Gasteiger partial charge on any atom is 0.128 e. The van der Waals surface area contributed by atoms with E-state index in [9.17, 15) is 5.11 Å². The zero-order chi connectivity index (χ0) is 8.72. The zero-order valence-electron chi connectivity index (χ0n) is 5.81. The standard InChI is InChI=1S/C7H4I2N2O/c8-3-1-4-6(5(12)2-3)7(9)11-10-4/h1-2,12H,(H,10,11). The highest BCUT2D eigenvalue weighted by molar-refractivity contribution is 14.1. The number of nitrogens with zero attached hydrogens (tertiary/aromatic N) is 1. The highest BCUT2D eigenvalue weighted by Crippen LogP contribution is 2.29. The molecule has 2 rings (SSSR count). The highest BCUT2D eigenvalue weighted by Gasteiger charge is 2.07. The van der Waals surface area contributed by atoms with Crippen LogP contribution in [0.3, 0.4) is 0 Å². The molecule has 0 bridgehead atoms. The van der Waals surface area contributed by atoms with Gasteiger partial charge in [-0.25, -0.2) is 0 Å². The number of aromatic hydroxyl groups is 1. The van der Waals surface area contributed by atoms with Gasteiger partial charge in [0.15, 0.2) is 0 Å². The molecule has 0 aliphatic carbocycles. The molecule has 0 amide bonds. The summed E-state index contributed by atoms with van der Waals surface area (Å²) in [6.45, 7) is 0. The second-order valence-electron chi connectivity index (χ2n) is 2.36. The van der Waals surface area contributed by atoms with Crippen LogP contribution >= 0.6 is 45.2 Å². The van der Waals surface area contributed by atoms with E-state index in [4.69, 9.17) is 0 Å². The van der Waals surface area contributed by atoms with Gasteiger partial charge in [-0.05, 0) is 57.3 Å². The van der Waals surface area contributed by atoms with Crippen LogP contribution in [0.4, 0.5) is 0 Å². The number of halogens is 2. The largest absolute Gasteiger partial charge is 0.507 e. The monoisotopic (exact) mass is 386 g/mol. The minimum Gasteiger partial charge on any atom is -0.507 e. The molecule has 0 aliphatic heterocycles. The number of aromatic amines is 1. The van der Waals surface area contributed by atoms with E-state index >= 15 is 0 Å². The quantitative estimate of drug-likeness (QED) is 0.684. The molecule has 0 spiro atoms. The van der Waals surface area contributed by atoms with Crippen molar-refractivity contribution in [3.8, 4) is 5.75 Å². The number of nitrogens with one attached hydrogen (secondary N) is 1. The van der Waals surface area contributed by atoms with Gasteiger partial charge in [-0.1, -0.05) is 0 Å². The molecule has 0 saturated heterocycles. The molecule has 0 aliphatic rings. The fourth-order valence-electron chi connectivity index (χ4n) is 1.06. The smallest absolute Gasteiger partial charge is 0.128 e. The number of aromatic nitrogens is 2. The number of benzene rings is 1. The van der Waals surface area contributed by atoms with E-state index in [2.05, 4.69) is 55.4 Å². The molecule has 2 aromatic rings. The number of rotatable bonds is 0. The fourth-order valence-corrected chi connectivity index (χ4v) is 2.32. The minimum absolute atomic E-state index is 0.287. The molecular weight excluding hydrogens is 382 g/mol. The first-order valence-electron chi connectivity index (χ1n) is 3.20. The van der Waals surface area contributed by atoms with Crippen LogP contribution in [0, 0.1) is 7.27 Å². The number of phenolic OH excluding ortho intramolecular Hbond substituents is 1. The van der Waals surface area contributed by atoms with Crippen LogP contribution in [0.2, 0.25) is 0 Å². The van der Waals surface area contributed by atoms with E-state index < -0.39 is 0 Å². The van der Waals surface area contributed by atoms with Crippen LogP contribution in [0.5, 0.6) is 5.75 Å². The second-order valence-corrected chi connectivity index (χ2v) is 4.68. The molecule has 2 N–H and O–H groups in total. The molecule has 1 heterocycles. The predicted molar refractivity (Wildman–Crippen MR) is 63.2 cm³/mol. The first kappa shape index (κ1) is 8.54. The number of hydrogen-bond donors (Lipinski definition) is 2. The van der Waals surface area contributed by atoms with Crippen LogP contribution in [0.25, 0.3) is 10.9 Å². The van der Waals surface area contributed by atoms with E-state index in [1.807, 2.05) is 6.07 Å². The van der Waals surface area contributed by atoms with Crippen LogP contribution in [-0.4, -0.2) is 15.3 Å². The summed E-state index contributed by atoms with van der Waals surface area (Å²) in [5.74, 6) is 0.287. The molecule has 0 atom stereocenters. The first-order valence-corrected chi connectivity index (χ1v) is 5.36. The maximum absolute atomic E-state index is 9.55. The van der Waals surface area contributed by atoms with Crippen molar-refractivity contribution < 1.29 is 5.11 Å². The van der Waals surface area contributed by atoms with Gasteiger partial charge >= 0.3 is 0 Å². The Hall–Kier alpha value is -0.0500. The normalized spacial score (nSPS) is 10.8.